The number of hydrogen-bond donors (Lipinski definition) is 1. The molecule has 0 saturated heterocycles. The predicted octanol–water partition coefficient (Wildman–Crippen LogP) is 12.2. The van der Waals surface area contributed by atoms with E-state index < -0.39 is 0 Å². The summed E-state index contributed by atoms with van der Waals surface area (Å²) < 4.78 is 4.95. The zero-order valence-electron chi connectivity index (χ0n) is 34.2. The number of ether oxygens (including phenoxy) is 1. The van der Waals surface area contributed by atoms with E-state index in [1.807, 2.05) is 30.4 Å². The van der Waals surface area contributed by atoms with Gasteiger partial charge >= 0.3 is 5.97 Å². The van der Waals surface area contributed by atoms with Crippen molar-refractivity contribution < 1.29 is 9.53 Å². The Morgan fingerprint density at radius 2 is 1.49 bits per heavy atom. The van der Waals surface area contributed by atoms with Crippen molar-refractivity contribution >= 4 is 28.0 Å². The number of fused-ring (bicyclic) bond motifs is 7. The first-order valence-electron chi connectivity index (χ1n) is 19.4. The van der Waals surface area contributed by atoms with E-state index in [9.17, 15) is 4.79 Å². The summed E-state index contributed by atoms with van der Waals surface area (Å²) in [5, 5.41) is 5.29. The molecule has 4 saturated carbocycles. The molecule has 0 bridgehead atoms. The van der Waals surface area contributed by atoms with E-state index in [1.165, 1.54) is 86.6 Å². The molecule has 286 valence electrons. The zero-order chi connectivity index (χ0) is 40.0. The Bertz CT molecular complexity index is 1640. The van der Waals surface area contributed by atoms with Crippen molar-refractivity contribution in [3.63, 3.8) is 0 Å². The van der Waals surface area contributed by atoms with Crippen LogP contribution in [0.5, 0.6) is 0 Å². The van der Waals surface area contributed by atoms with Crippen LogP contribution in [0.3, 0.4) is 0 Å². The van der Waals surface area contributed by atoms with Gasteiger partial charge in [-0.1, -0.05) is 65.3 Å². The van der Waals surface area contributed by atoms with Crippen LogP contribution >= 0.6 is 11.3 Å². The highest BCUT2D eigenvalue weighted by Gasteiger charge is 2.69. The fourth-order valence-corrected chi connectivity index (χ4v) is 13.4. The number of carbonyl (C=O) groups is 1. The van der Waals surface area contributed by atoms with Gasteiger partial charge in [-0.25, -0.2) is 9.78 Å². The lowest BCUT2D eigenvalue weighted by atomic mass is 9.33. The van der Waals surface area contributed by atoms with Gasteiger partial charge in [0.25, 0.3) is 0 Å². The number of aromatic nitrogens is 1. The van der Waals surface area contributed by atoms with Crippen molar-refractivity contribution in [3.8, 4) is 38.5 Å². The van der Waals surface area contributed by atoms with Gasteiger partial charge in [-0.3, -0.25) is 0 Å². The second-order valence-corrected chi connectivity index (χ2v) is 18.3. The van der Waals surface area contributed by atoms with E-state index in [1.54, 1.807) is 6.08 Å². The van der Waals surface area contributed by atoms with E-state index in [4.69, 9.17) is 9.72 Å². The molecule has 4 fully saturated rings. The minimum atomic E-state index is -0.265. The monoisotopic (exact) mass is 734 g/mol. The highest BCUT2D eigenvalue weighted by Crippen LogP contribution is 2.76. The first-order valence-corrected chi connectivity index (χ1v) is 20.2. The maximum atomic E-state index is 12.1. The average Bonchev–Trinajstić information content (AvgIpc) is 3.72. The highest BCUT2D eigenvalue weighted by atomic mass is 32.1. The SMILES string of the molecule is C#C.C#C.C#C.C=CC.COC(=O)c1ccc(C2=CC[C@@]3(C)C(CC[C@]4(C)C3CC[C@@H]3C5CCC[C@]5(Nc5nc(C)c(C)s5)CC[C@]34C)C2(C)C)cc1. The quantitative estimate of drug-likeness (QED) is 0.193. The first kappa shape index (κ1) is 43.7. The fourth-order valence-electron chi connectivity index (χ4n) is 12.5. The number of anilines is 1. The summed E-state index contributed by atoms with van der Waals surface area (Å²) in [6.45, 7) is 22.8. The molecular weight excluding hydrogens is 669 g/mol. The number of nitrogens with zero attached hydrogens (tertiary/aromatic N) is 1. The molecule has 8 atom stereocenters. The molecule has 4 nitrogen and oxygen atoms in total. The molecule has 1 N–H and O–H groups in total. The van der Waals surface area contributed by atoms with Crippen LogP contribution in [0.2, 0.25) is 0 Å². The second-order valence-electron chi connectivity index (χ2n) is 17.1. The summed E-state index contributed by atoms with van der Waals surface area (Å²) in [5.41, 5.74) is 5.92. The number of nitrogens with one attached hydrogen (secondary N) is 1. The standard InChI is InChI=1S/C39H54N2O2S.C3H6.3C2H2/c1-24-25(2)44-34(40-24)41-39-19-9-10-30(39)29-15-16-32-36(5)20-17-28(26-11-13-27(14-12-26)33(42)43-8)35(3,4)31(36)18-21-38(32,7)37(29,6)22-23-39;1-3-2;3*1-2/h11-14,17,29-32H,9-10,15-16,18-23H2,1-8H3,(H,40,41);3H,1H2,2H3;3*1-2H/t29-,30?,31?,32?,36+,37-,38-,39+;;;;/m1..../s1. The molecular formula is C48H66N2O2S. The van der Waals surface area contributed by atoms with Gasteiger partial charge in [-0.2, -0.15) is 0 Å². The first-order chi connectivity index (χ1) is 25.2. The molecule has 1 aromatic carbocycles. The highest BCUT2D eigenvalue weighted by molar-refractivity contribution is 7.15. The lowest BCUT2D eigenvalue weighted by molar-refractivity contribution is -0.213. The van der Waals surface area contributed by atoms with E-state index in [-0.39, 0.29) is 16.9 Å². The van der Waals surface area contributed by atoms with Crippen molar-refractivity contribution in [1.29, 1.82) is 0 Å². The molecule has 0 radical (unpaired) electrons. The number of hydrogen-bond acceptors (Lipinski definition) is 5. The van der Waals surface area contributed by atoms with Crippen molar-refractivity contribution in [1.82, 2.24) is 4.98 Å². The van der Waals surface area contributed by atoms with Gasteiger partial charge in [0.1, 0.15) is 0 Å². The van der Waals surface area contributed by atoms with Crippen LogP contribution in [-0.2, 0) is 4.74 Å². The van der Waals surface area contributed by atoms with Crippen molar-refractivity contribution in [2.75, 3.05) is 12.4 Å². The van der Waals surface area contributed by atoms with Crippen LogP contribution in [0.15, 0.2) is 43.0 Å². The van der Waals surface area contributed by atoms with Crippen LogP contribution in [0, 0.1) is 97.7 Å². The number of methoxy groups -OCH3 is 1. The summed E-state index contributed by atoms with van der Waals surface area (Å²) >= 11 is 1.86. The van der Waals surface area contributed by atoms with Gasteiger partial charge in [0, 0.05) is 10.4 Å². The smallest absolute Gasteiger partial charge is 0.337 e. The summed E-state index contributed by atoms with van der Waals surface area (Å²) in [5.74, 6) is 2.70. The molecule has 2 aromatic rings. The second kappa shape index (κ2) is 17.2. The third kappa shape index (κ3) is 7.27. The van der Waals surface area contributed by atoms with Crippen LogP contribution in [0.25, 0.3) is 5.57 Å². The molecule has 5 heteroatoms. The van der Waals surface area contributed by atoms with Crippen molar-refractivity contribution in [3.05, 3.63) is 64.7 Å². The van der Waals surface area contributed by atoms with E-state index in [0.29, 0.717) is 27.7 Å². The Balaban J connectivity index is 0.000000777. The average molecular weight is 735 g/mol. The summed E-state index contributed by atoms with van der Waals surface area (Å²) in [6, 6.07) is 8.15. The summed E-state index contributed by atoms with van der Waals surface area (Å²) in [7, 11) is 1.45. The largest absolute Gasteiger partial charge is 0.465 e. The molecule has 1 heterocycles. The minimum Gasteiger partial charge on any atom is -0.465 e. The lowest BCUT2D eigenvalue weighted by Crippen LogP contribution is -2.66. The van der Waals surface area contributed by atoms with Crippen LogP contribution in [-0.4, -0.2) is 23.6 Å². The lowest BCUT2D eigenvalue weighted by Gasteiger charge is -2.72. The number of terminal acetylenes is 3. The summed E-state index contributed by atoms with van der Waals surface area (Å²) in [6.07, 6.45) is 41.6. The predicted molar refractivity (Wildman–Crippen MR) is 227 cm³/mol. The Kier molecular flexibility index (Phi) is 14.2. The third-order valence-electron chi connectivity index (χ3n) is 14.9. The number of aryl methyl sites for hydroxylation is 2. The Hall–Kier alpha value is -3.72. The molecule has 0 aliphatic heterocycles. The number of carbonyl (C=O) groups excluding carboxylic acids is 1. The molecule has 53 heavy (non-hydrogen) atoms. The molecule has 5 aliphatic rings. The Labute approximate surface area is 327 Å². The molecule has 5 aliphatic carbocycles. The number of allylic oxidation sites excluding steroid dienone is 3. The van der Waals surface area contributed by atoms with Crippen LogP contribution in [0.1, 0.15) is 132 Å². The third-order valence-corrected chi connectivity index (χ3v) is 15.9. The van der Waals surface area contributed by atoms with Gasteiger partial charge in [0.2, 0.25) is 0 Å². The molecule has 0 spiro atoms. The molecule has 7 rings (SSSR count). The number of esters is 1. The van der Waals surface area contributed by atoms with E-state index >= 15 is 0 Å². The van der Waals surface area contributed by atoms with Gasteiger partial charge in [0.05, 0.1) is 18.4 Å². The topological polar surface area (TPSA) is 51.2 Å². The van der Waals surface area contributed by atoms with Crippen molar-refractivity contribution in [2.45, 2.75) is 125 Å². The zero-order valence-corrected chi connectivity index (χ0v) is 35.0. The molecule has 0 amide bonds. The Morgan fingerprint density at radius 1 is 0.868 bits per heavy atom. The van der Waals surface area contributed by atoms with Gasteiger partial charge in [-0.05, 0) is 147 Å². The maximum absolute atomic E-state index is 12.1. The summed E-state index contributed by atoms with van der Waals surface area (Å²) in [4.78, 5) is 18.4. The number of rotatable bonds is 4. The Morgan fingerprint density at radius 3 is 2.06 bits per heavy atom. The minimum absolute atomic E-state index is 0.0833. The normalized spacial score (nSPS) is 34.1. The van der Waals surface area contributed by atoms with Crippen LogP contribution in [0.4, 0.5) is 5.13 Å². The van der Waals surface area contributed by atoms with Gasteiger partial charge < -0.3 is 10.1 Å². The van der Waals surface area contributed by atoms with Gasteiger partial charge in [-0.15, -0.1) is 56.5 Å². The van der Waals surface area contributed by atoms with Crippen LogP contribution < -0.4 is 5.32 Å². The molecule has 3 unspecified atom stereocenters. The van der Waals surface area contributed by atoms with Gasteiger partial charge in [0.15, 0.2) is 5.13 Å². The molecule has 1 aromatic heterocycles. The van der Waals surface area contributed by atoms with E-state index in [0.717, 1.165) is 29.3 Å². The van der Waals surface area contributed by atoms with E-state index in [2.05, 4.69) is 117 Å². The number of thiazole rings is 1. The number of benzene rings is 1. The maximum Gasteiger partial charge on any atom is 0.337 e. The van der Waals surface area contributed by atoms with Crippen molar-refractivity contribution in [2.24, 2.45) is 45.3 Å². The fraction of sp³-hybridized carbons (Fsp3) is 0.583.